The molecule has 4 amide bonds. The predicted molar refractivity (Wildman–Crippen MR) is 140 cm³/mol. The van der Waals surface area contributed by atoms with Crippen LogP contribution in [0.4, 0.5) is 4.79 Å². The van der Waals surface area contributed by atoms with Gasteiger partial charge in [-0.2, -0.15) is 0 Å². The molecule has 1 saturated carbocycles. The maximum absolute atomic E-state index is 14.2. The zero-order chi connectivity index (χ0) is 28.6. The van der Waals surface area contributed by atoms with Gasteiger partial charge in [-0.3, -0.25) is 19.2 Å². The van der Waals surface area contributed by atoms with Crippen molar-refractivity contribution in [1.29, 1.82) is 0 Å². The number of methoxy groups -OCH3 is 1. The predicted octanol–water partition coefficient (Wildman–Crippen LogP) is 2.17. The van der Waals surface area contributed by atoms with E-state index in [1.54, 1.807) is 20.8 Å². The minimum atomic E-state index is -1.17. The molecule has 0 bridgehead atoms. The Hall–Kier alpha value is -3.63. The molecule has 2 unspecified atom stereocenters. The number of hydrogen-bond acceptors (Lipinski definition) is 7. The van der Waals surface area contributed by atoms with Gasteiger partial charge >= 0.3 is 12.1 Å². The van der Waals surface area contributed by atoms with E-state index in [0.717, 1.165) is 17.5 Å². The molecule has 0 heterocycles. The number of alkyl carbamates (subject to hydrolysis) is 1. The number of benzene rings is 1. The lowest BCUT2D eigenvalue weighted by Gasteiger charge is -2.44. The van der Waals surface area contributed by atoms with Crippen molar-refractivity contribution < 1.29 is 33.4 Å². The maximum Gasteiger partial charge on any atom is 0.408 e. The highest BCUT2D eigenvalue weighted by molar-refractivity contribution is 5.94. The van der Waals surface area contributed by atoms with E-state index in [0.29, 0.717) is 18.4 Å². The van der Waals surface area contributed by atoms with Gasteiger partial charge in [0.05, 0.1) is 7.11 Å². The van der Waals surface area contributed by atoms with Crippen LogP contribution < -0.4 is 16.4 Å². The molecule has 38 heavy (non-hydrogen) atoms. The molecule has 1 aromatic carbocycles. The molecule has 1 aliphatic carbocycles. The maximum atomic E-state index is 14.2. The van der Waals surface area contributed by atoms with E-state index in [2.05, 4.69) is 15.4 Å². The number of carbonyl (C=O) groups is 5. The minimum Gasteiger partial charge on any atom is -0.468 e. The van der Waals surface area contributed by atoms with E-state index in [9.17, 15) is 24.0 Å². The van der Waals surface area contributed by atoms with E-state index in [1.165, 1.54) is 12.0 Å². The van der Waals surface area contributed by atoms with Crippen LogP contribution >= 0.6 is 0 Å². The first-order chi connectivity index (χ1) is 17.7. The number of ether oxygens (including phenoxy) is 2. The summed E-state index contributed by atoms with van der Waals surface area (Å²) in [6, 6.07) is 3.00. The SMILES string of the molecule is COC(=O)CNC(=O)C(c1c(C)cccc1C)N(C(=O)C(CCC(N)=O)NC(=O)OC(C)(C)C)C1CCC1. The molecule has 11 heteroatoms. The van der Waals surface area contributed by atoms with Crippen molar-refractivity contribution in [3.8, 4) is 0 Å². The summed E-state index contributed by atoms with van der Waals surface area (Å²) >= 11 is 0. The zero-order valence-electron chi connectivity index (χ0n) is 23.1. The van der Waals surface area contributed by atoms with Gasteiger partial charge < -0.3 is 30.7 Å². The van der Waals surface area contributed by atoms with E-state index < -0.39 is 47.5 Å². The normalized spacial score (nSPS) is 14.9. The standard InChI is InChI=1S/C27H40N4O7/c1-16-9-7-10-17(2)22(16)23(24(34)29-15-21(33)37-6)31(18-11-8-12-18)25(35)19(13-14-20(28)32)30-26(36)38-27(3,4)5/h7,9-10,18-19,23H,8,11-15H2,1-6H3,(H2,28,32)(H,29,34)(H,30,36). The second kappa shape index (κ2) is 13.3. The first kappa shape index (κ1) is 30.6. The molecule has 1 fully saturated rings. The lowest BCUT2D eigenvalue weighted by molar-refractivity contribution is -0.148. The van der Waals surface area contributed by atoms with Gasteiger partial charge in [0.1, 0.15) is 24.2 Å². The third-order valence-corrected chi connectivity index (χ3v) is 6.37. The van der Waals surface area contributed by atoms with Crippen LogP contribution in [-0.4, -0.2) is 66.0 Å². The molecular formula is C27H40N4O7. The second-order valence-electron chi connectivity index (χ2n) is 10.5. The van der Waals surface area contributed by atoms with Crippen LogP contribution in [-0.2, 0) is 28.7 Å². The number of nitrogens with one attached hydrogen (secondary N) is 2. The Morgan fingerprint density at radius 2 is 1.71 bits per heavy atom. The summed E-state index contributed by atoms with van der Waals surface area (Å²) in [6.45, 7) is 8.39. The summed E-state index contributed by atoms with van der Waals surface area (Å²) in [7, 11) is 1.22. The second-order valence-corrected chi connectivity index (χ2v) is 10.5. The topological polar surface area (TPSA) is 157 Å². The van der Waals surface area contributed by atoms with Crippen LogP contribution in [0.25, 0.3) is 0 Å². The lowest BCUT2D eigenvalue weighted by Crippen LogP contribution is -2.58. The fourth-order valence-electron chi connectivity index (χ4n) is 4.34. The smallest absolute Gasteiger partial charge is 0.408 e. The quantitative estimate of drug-likeness (QED) is 0.369. The molecule has 210 valence electrons. The third kappa shape index (κ3) is 8.46. The van der Waals surface area contributed by atoms with Gasteiger partial charge in [0, 0.05) is 12.5 Å². The highest BCUT2D eigenvalue weighted by Crippen LogP contribution is 2.36. The fourth-order valence-corrected chi connectivity index (χ4v) is 4.34. The van der Waals surface area contributed by atoms with Crippen LogP contribution in [0, 0.1) is 13.8 Å². The summed E-state index contributed by atoms with van der Waals surface area (Å²) in [6.07, 6.45) is 1.13. The van der Waals surface area contributed by atoms with Crippen molar-refractivity contribution in [2.75, 3.05) is 13.7 Å². The number of nitrogens with zero attached hydrogens (tertiary/aromatic N) is 1. The molecule has 1 aromatic rings. The van der Waals surface area contributed by atoms with E-state index >= 15 is 0 Å². The van der Waals surface area contributed by atoms with Crippen LogP contribution in [0.3, 0.4) is 0 Å². The number of esters is 1. The molecule has 0 saturated heterocycles. The number of aryl methyl sites for hydroxylation is 2. The number of amides is 4. The van der Waals surface area contributed by atoms with E-state index in [1.807, 2.05) is 32.0 Å². The molecule has 0 spiro atoms. The Morgan fingerprint density at radius 3 is 2.18 bits per heavy atom. The van der Waals surface area contributed by atoms with Gasteiger partial charge in [0.15, 0.2) is 0 Å². The molecular weight excluding hydrogens is 492 g/mol. The Bertz CT molecular complexity index is 1030. The van der Waals surface area contributed by atoms with Gasteiger partial charge in [-0.25, -0.2) is 4.79 Å². The average molecular weight is 533 g/mol. The Balaban J connectivity index is 2.55. The summed E-state index contributed by atoms with van der Waals surface area (Å²) in [5.74, 6) is -2.36. The van der Waals surface area contributed by atoms with Crippen LogP contribution in [0.1, 0.15) is 75.6 Å². The molecule has 1 aliphatic rings. The summed E-state index contributed by atoms with van der Waals surface area (Å²) < 4.78 is 10.0. The highest BCUT2D eigenvalue weighted by atomic mass is 16.6. The van der Waals surface area contributed by atoms with Crippen molar-refractivity contribution >= 4 is 29.8 Å². The minimum absolute atomic E-state index is 0.0696. The van der Waals surface area contributed by atoms with Crippen molar-refractivity contribution in [2.45, 2.75) is 90.4 Å². The Labute approximate surface area is 223 Å². The summed E-state index contributed by atoms with van der Waals surface area (Å²) in [5.41, 5.74) is 6.73. The first-order valence-corrected chi connectivity index (χ1v) is 12.8. The highest BCUT2D eigenvalue weighted by Gasteiger charge is 2.43. The average Bonchev–Trinajstić information content (AvgIpc) is 2.78. The largest absolute Gasteiger partial charge is 0.468 e. The van der Waals surface area contributed by atoms with Gasteiger partial charge in [-0.15, -0.1) is 0 Å². The first-order valence-electron chi connectivity index (χ1n) is 12.8. The van der Waals surface area contributed by atoms with Crippen molar-refractivity contribution in [3.63, 3.8) is 0 Å². The van der Waals surface area contributed by atoms with Crippen molar-refractivity contribution in [3.05, 3.63) is 34.9 Å². The van der Waals surface area contributed by atoms with E-state index in [-0.39, 0.29) is 25.4 Å². The zero-order valence-corrected chi connectivity index (χ0v) is 23.1. The molecule has 11 nitrogen and oxygen atoms in total. The molecule has 0 radical (unpaired) electrons. The fraction of sp³-hybridized carbons (Fsp3) is 0.593. The van der Waals surface area contributed by atoms with Gasteiger partial charge in [-0.05, 0) is 77.0 Å². The van der Waals surface area contributed by atoms with Gasteiger partial charge in [0.2, 0.25) is 17.7 Å². The van der Waals surface area contributed by atoms with Crippen LogP contribution in [0.15, 0.2) is 18.2 Å². The molecule has 0 aliphatic heterocycles. The van der Waals surface area contributed by atoms with E-state index in [4.69, 9.17) is 10.5 Å². The number of hydrogen-bond donors (Lipinski definition) is 3. The Kier molecular flexibility index (Phi) is 10.7. The van der Waals surface area contributed by atoms with Crippen molar-refractivity contribution in [2.24, 2.45) is 5.73 Å². The summed E-state index contributed by atoms with van der Waals surface area (Å²) in [5, 5.41) is 5.17. The van der Waals surface area contributed by atoms with Gasteiger partial charge in [-0.1, -0.05) is 18.2 Å². The molecule has 2 rings (SSSR count). The Morgan fingerprint density at radius 1 is 1.11 bits per heavy atom. The monoisotopic (exact) mass is 532 g/mol. The van der Waals surface area contributed by atoms with Gasteiger partial charge in [0.25, 0.3) is 0 Å². The van der Waals surface area contributed by atoms with Crippen LogP contribution in [0.5, 0.6) is 0 Å². The number of primary amides is 1. The number of nitrogens with two attached hydrogens (primary N) is 1. The molecule has 2 atom stereocenters. The molecule has 4 N–H and O–H groups in total. The number of rotatable bonds is 11. The third-order valence-electron chi connectivity index (χ3n) is 6.37. The lowest BCUT2D eigenvalue weighted by atomic mass is 9.86. The van der Waals surface area contributed by atoms with Crippen LogP contribution in [0.2, 0.25) is 0 Å². The van der Waals surface area contributed by atoms with Crippen molar-refractivity contribution in [1.82, 2.24) is 15.5 Å². The number of carbonyl (C=O) groups excluding carboxylic acids is 5. The summed E-state index contributed by atoms with van der Waals surface area (Å²) in [4.78, 5) is 65.3. The molecule has 0 aromatic heterocycles.